The number of para-hydroxylation sites is 1. The molecule has 98 valence electrons. The molecule has 3 heteroatoms. The van der Waals surface area contributed by atoms with E-state index in [2.05, 4.69) is 0 Å². The second-order valence-electron chi connectivity index (χ2n) is 4.66. The Hall–Kier alpha value is -1.77. The van der Waals surface area contributed by atoms with Crippen molar-refractivity contribution in [3.05, 3.63) is 41.6 Å². The van der Waals surface area contributed by atoms with E-state index in [9.17, 15) is 4.79 Å². The van der Waals surface area contributed by atoms with Gasteiger partial charge in [-0.15, -0.1) is 0 Å². The molecule has 0 fully saturated rings. The van der Waals surface area contributed by atoms with Crippen LogP contribution in [-0.4, -0.2) is 30.9 Å². The maximum absolute atomic E-state index is 11.8. The average molecular weight is 247 g/mol. The Morgan fingerprint density at radius 1 is 1.28 bits per heavy atom. The summed E-state index contributed by atoms with van der Waals surface area (Å²) in [5.74, 6) is 0.767. The Morgan fingerprint density at radius 3 is 2.33 bits per heavy atom. The number of hydrogen-bond acceptors (Lipinski definition) is 3. The van der Waals surface area contributed by atoms with Crippen LogP contribution in [0.3, 0.4) is 0 Å². The molecule has 0 saturated heterocycles. The first kappa shape index (κ1) is 14.3. The van der Waals surface area contributed by atoms with Gasteiger partial charge in [0, 0.05) is 26.4 Å². The van der Waals surface area contributed by atoms with Crippen LogP contribution in [0.4, 0.5) is 0 Å². The van der Waals surface area contributed by atoms with Gasteiger partial charge in [-0.3, -0.25) is 4.79 Å². The van der Waals surface area contributed by atoms with Crippen molar-refractivity contribution in [3.63, 3.8) is 0 Å². The molecule has 1 atom stereocenters. The van der Waals surface area contributed by atoms with E-state index in [1.54, 1.807) is 13.1 Å². The Bertz CT molecular complexity index is 430. The first-order valence-corrected chi connectivity index (χ1v) is 6.03. The van der Waals surface area contributed by atoms with Gasteiger partial charge in [-0.25, -0.2) is 0 Å². The van der Waals surface area contributed by atoms with Crippen LogP contribution in [0.2, 0.25) is 0 Å². The Kier molecular flexibility index (Phi) is 4.95. The Morgan fingerprint density at radius 2 is 1.83 bits per heavy atom. The minimum absolute atomic E-state index is 0.0358. The average Bonchev–Trinajstić information content (AvgIpc) is 2.30. The number of aryl methyl sites for hydroxylation is 2. The highest BCUT2D eigenvalue weighted by Crippen LogP contribution is 2.23. The molecule has 0 heterocycles. The number of ether oxygens (including phenoxy) is 1. The molecule has 0 aliphatic rings. The van der Waals surface area contributed by atoms with E-state index in [1.165, 1.54) is 6.08 Å². The van der Waals surface area contributed by atoms with E-state index in [4.69, 9.17) is 4.74 Å². The van der Waals surface area contributed by atoms with E-state index in [0.717, 1.165) is 16.9 Å². The van der Waals surface area contributed by atoms with Crippen molar-refractivity contribution in [2.75, 3.05) is 14.1 Å². The van der Waals surface area contributed by atoms with Gasteiger partial charge >= 0.3 is 0 Å². The van der Waals surface area contributed by atoms with Crippen molar-refractivity contribution in [1.82, 2.24) is 4.90 Å². The second kappa shape index (κ2) is 6.24. The number of hydrogen-bond donors (Lipinski definition) is 0. The van der Waals surface area contributed by atoms with E-state index in [-0.39, 0.29) is 5.78 Å². The fourth-order valence-electron chi connectivity index (χ4n) is 1.58. The van der Waals surface area contributed by atoms with Crippen molar-refractivity contribution < 1.29 is 9.53 Å². The zero-order chi connectivity index (χ0) is 13.7. The van der Waals surface area contributed by atoms with Crippen LogP contribution in [0.25, 0.3) is 0 Å². The summed E-state index contributed by atoms with van der Waals surface area (Å²) in [5.41, 5.74) is 2.09. The van der Waals surface area contributed by atoms with Crippen LogP contribution in [0.5, 0.6) is 5.75 Å². The van der Waals surface area contributed by atoms with Crippen LogP contribution < -0.4 is 4.74 Å². The fourth-order valence-corrected chi connectivity index (χ4v) is 1.58. The molecule has 1 aromatic rings. The van der Waals surface area contributed by atoms with Crippen molar-refractivity contribution in [1.29, 1.82) is 0 Å². The van der Waals surface area contributed by atoms with Gasteiger partial charge in [0.1, 0.15) is 5.75 Å². The van der Waals surface area contributed by atoms with Gasteiger partial charge in [-0.2, -0.15) is 0 Å². The van der Waals surface area contributed by atoms with Crippen LogP contribution >= 0.6 is 0 Å². The molecule has 0 radical (unpaired) electrons. The minimum atomic E-state index is -0.471. The zero-order valence-electron chi connectivity index (χ0n) is 11.7. The summed E-state index contributed by atoms with van der Waals surface area (Å²) in [6, 6.07) is 5.94. The standard InChI is InChI=1S/C15H21NO2/c1-11-7-6-8-12(2)15(11)18-13(3)14(17)9-10-16(4)5/h6-10,13H,1-5H3/b10-9+. The number of carbonyl (C=O) groups excluding carboxylic acids is 1. The highest BCUT2D eigenvalue weighted by molar-refractivity contribution is 5.93. The Labute approximate surface area is 109 Å². The van der Waals surface area contributed by atoms with Crippen molar-refractivity contribution in [3.8, 4) is 5.75 Å². The van der Waals surface area contributed by atoms with Gasteiger partial charge in [0.15, 0.2) is 11.9 Å². The molecule has 0 bridgehead atoms. The molecule has 0 amide bonds. The van der Waals surface area contributed by atoms with Crippen LogP contribution in [0.1, 0.15) is 18.1 Å². The lowest BCUT2D eigenvalue weighted by molar-refractivity contribution is -0.120. The smallest absolute Gasteiger partial charge is 0.197 e. The predicted molar refractivity (Wildman–Crippen MR) is 73.8 cm³/mol. The zero-order valence-corrected chi connectivity index (χ0v) is 11.7. The van der Waals surface area contributed by atoms with Crippen LogP contribution in [0, 0.1) is 13.8 Å². The molecule has 0 aliphatic carbocycles. The summed E-state index contributed by atoms with van der Waals surface area (Å²) < 4.78 is 5.75. The first-order chi connectivity index (χ1) is 8.41. The molecule has 3 nitrogen and oxygen atoms in total. The summed E-state index contributed by atoms with van der Waals surface area (Å²) >= 11 is 0. The lowest BCUT2D eigenvalue weighted by atomic mass is 10.1. The molecule has 0 aliphatic heterocycles. The largest absolute Gasteiger partial charge is 0.482 e. The molecule has 0 saturated carbocycles. The summed E-state index contributed by atoms with van der Waals surface area (Å²) in [7, 11) is 3.75. The number of rotatable bonds is 5. The molecule has 1 unspecified atom stereocenters. The van der Waals surface area contributed by atoms with Crippen molar-refractivity contribution in [2.24, 2.45) is 0 Å². The maximum Gasteiger partial charge on any atom is 0.197 e. The summed E-state index contributed by atoms with van der Waals surface area (Å²) in [4.78, 5) is 13.7. The quantitative estimate of drug-likeness (QED) is 0.749. The normalized spacial score (nSPS) is 12.5. The third-order valence-electron chi connectivity index (χ3n) is 2.64. The van der Waals surface area contributed by atoms with E-state index in [0.29, 0.717) is 0 Å². The molecule has 1 aromatic carbocycles. The second-order valence-corrected chi connectivity index (χ2v) is 4.66. The Balaban J connectivity index is 2.76. The van der Waals surface area contributed by atoms with Gasteiger partial charge in [-0.05, 0) is 31.9 Å². The predicted octanol–water partition coefficient (Wildman–Crippen LogP) is 2.72. The summed E-state index contributed by atoms with van der Waals surface area (Å²) in [6.45, 7) is 5.73. The summed E-state index contributed by atoms with van der Waals surface area (Å²) in [5, 5.41) is 0. The molecule has 0 aromatic heterocycles. The highest BCUT2D eigenvalue weighted by atomic mass is 16.5. The van der Waals surface area contributed by atoms with Gasteiger partial charge in [-0.1, -0.05) is 18.2 Å². The van der Waals surface area contributed by atoms with Crippen molar-refractivity contribution in [2.45, 2.75) is 26.9 Å². The molecule has 0 N–H and O–H groups in total. The number of benzene rings is 1. The van der Waals surface area contributed by atoms with E-state index in [1.807, 2.05) is 51.0 Å². The maximum atomic E-state index is 11.8. The molecule has 1 rings (SSSR count). The third kappa shape index (κ3) is 3.91. The molecular formula is C15H21NO2. The molecule has 0 spiro atoms. The van der Waals surface area contributed by atoms with Gasteiger partial charge < -0.3 is 9.64 Å². The number of ketones is 1. The topological polar surface area (TPSA) is 29.5 Å². The fraction of sp³-hybridized carbons (Fsp3) is 0.400. The third-order valence-corrected chi connectivity index (χ3v) is 2.64. The lowest BCUT2D eigenvalue weighted by Crippen LogP contribution is -2.23. The molecule has 18 heavy (non-hydrogen) atoms. The van der Waals surface area contributed by atoms with Gasteiger partial charge in [0.05, 0.1) is 0 Å². The highest BCUT2D eigenvalue weighted by Gasteiger charge is 2.14. The monoisotopic (exact) mass is 247 g/mol. The van der Waals surface area contributed by atoms with E-state index < -0.39 is 6.10 Å². The lowest BCUT2D eigenvalue weighted by Gasteiger charge is -2.16. The SMILES string of the molecule is Cc1cccc(C)c1OC(C)C(=O)/C=C/N(C)C. The van der Waals surface area contributed by atoms with Crippen LogP contribution in [-0.2, 0) is 4.79 Å². The minimum Gasteiger partial charge on any atom is -0.482 e. The molecular weight excluding hydrogens is 226 g/mol. The van der Waals surface area contributed by atoms with Crippen molar-refractivity contribution >= 4 is 5.78 Å². The number of carbonyl (C=O) groups is 1. The van der Waals surface area contributed by atoms with Crippen LogP contribution in [0.15, 0.2) is 30.5 Å². The first-order valence-electron chi connectivity index (χ1n) is 6.03. The number of nitrogens with zero attached hydrogens (tertiary/aromatic N) is 1. The van der Waals surface area contributed by atoms with Gasteiger partial charge in [0.25, 0.3) is 0 Å². The van der Waals surface area contributed by atoms with E-state index >= 15 is 0 Å². The van der Waals surface area contributed by atoms with Gasteiger partial charge in [0.2, 0.25) is 0 Å². The summed E-state index contributed by atoms with van der Waals surface area (Å²) in [6.07, 6.45) is 2.80.